The van der Waals surface area contributed by atoms with Crippen LogP contribution in [0.1, 0.15) is 91.3 Å². The first kappa shape index (κ1) is 33.0. The number of hydrogen-bond donors (Lipinski definition) is 4. The molecule has 0 aliphatic rings. The van der Waals surface area contributed by atoms with Gasteiger partial charge in [-0.2, -0.15) is 0 Å². The van der Waals surface area contributed by atoms with Crippen LogP contribution in [0.5, 0.6) is 0 Å². The number of carboxylic acids is 4. The fraction of sp³-hybridized carbons (Fsp3) is 0.520. The molecule has 37 heavy (non-hydrogen) atoms. The summed E-state index contributed by atoms with van der Waals surface area (Å²) >= 11 is 0. The first-order valence-corrected chi connectivity index (χ1v) is 11.8. The summed E-state index contributed by atoms with van der Waals surface area (Å²) in [6.07, 6.45) is 5.46. The number of hydrogen-bond acceptors (Lipinski definition) is 8. The fourth-order valence-corrected chi connectivity index (χ4v) is 2.86. The smallest absolute Gasteiger partial charge is 0.335 e. The van der Waals surface area contributed by atoms with Crippen LogP contribution < -0.4 is 0 Å². The van der Waals surface area contributed by atoms with E-state index in [4.69, 9.17) is 29.9 Å². The van der Waals surface area contributed by atoms with Gasteiger partial charge in [0, 0.05) is 25.7 Å². The Balaban J connectivity index is 0.000000893. The number of rotatable bonds is 18. The lowest BCUT2D eigenvalue weighted by Crippen LogP contribution is -2.13. The average Bonchev–Trinajstić information content (AvgIpc) is 2.84. The molecule has 0 aliphatic carbocycles. The Labute approximate surface area is 214 Å². The zero-order chi connectivity index (χ0) is 28.1. The van der Waals surface area contributed by atoms with E-state index in [1.165, 1.54) is 18.2 Å². The number of esters is 2. The number of ether oxygens (including phenoxy) is 2. The number of carbonyl (C=O) groups is 6. The standard InChI is InChI=1S/C17H28O8.C8H6O4/c18-14(19)8-4-2-1-3-5-10-16(22)24-12-13-25-17(23)11-7-6-9-15(20)21;9-7(10)5-2-1-3-6(4-5)8(11)12/h1-13H2,(H,18,19)(H,20,21);1-4H,(H,9,10)(H,11,12). The molecule has 0 heterocycles. The molecule has 1 aromatic rings. The molecule has 12 nitrogen and oxygen atoms in total. The molecule has 0 saturated carbocycles. The van der Waals surface area contributed by atoms with Gasteiger partial charge in [0.15, 0.2) is 0 Å². The predicted molar refractivity (Wildman–Crippen MR) is 128 cm³/mol. The molecule has 0 unspecified atom stereocenters. The normalized spacial score (nSPS) is 9.95. The van der Waals surface area contributed by atoms with E-state index in [1.807, 2.05) is 0 Å². The van der Waals surface area contributed by atoms with Crippen molar-refractivity contribution < 1.29 is 58.7 Å². The third-order valence-electron chi connectivity index (χ3n) is 4.76. The van der Waals surface area contributed by atoms with Crippen molar-refractivity contribution >= 4 is 35.8 Å². The van der Waals surface area contributed by atoms with E-state index in [0.29, 0.717) is 32.1 Å². The Morgan fingerprint density at radius 3 is 1.30 bits per heavy atom. The van der Waals surface area contributed by atoms with Crippen molar-refractivity contribution in [3.05, 3.63) is 35.4 Å². The first-order chi connectivity index (χ1) is 17.5. The highest BCUT2D eigenvalue weighted by Gasteiger charge is 2.08. The summed E-state index contributed by atoms with van der Waals surface area (Å²) in [6, 6.07) is 5.20. The van der Waals surface area contributed by atoms with Crippen molar-refractivity contribution in [2.24, 2.45) is 0 Å². The Bertz CT molecular complexity index is 864. The van der Waals surface area contributed by atoms with Crippen LogP contribution in [0, 0.1) is 0 Å². The number of unbranched alkanes of at least 4 members (excludes halogenated alkanes) is 5. The minimum atomic E-state index is -1.13. The monoisotopic (exact) mass is 526 g/mol. The maximum absolute atomic E-state index is 11.4. The second kappa shape index (κ2) is 20.3. The van der Waals surface area contributed by atoms with Crippen LogP contribution in [0.3, 0.4) is 0 Å². The average molecular weight is 527 g/mol. The van der Waals surface area contributed by atoms with E-state index < -0.39 is 29.8 Å². The van der Waals surface area contributed by atoms with Crippen molar-refractivity contribution in [2.75, 3.05) is 13.2 Å². The molecule has 0 spiro atoms. The number of benzene rings is 1. The molecule has 0 amide bonds. The third-order valence-corrected chi connectivity index (χ3v) is 4.76. The molecular weight excluding hydrogens is 492 g/mol. The topological polar surface area (TPSA) is 202 Å². The lowest BCUT2D eigenvalue weighted by Gasteiger charge is -2.06. The number of carbonyl (C=O) groups excluding carboxylic acids is 2. The van der Waals surface area contributed by atoms with Crippen LogP contribution in [0.2, 0.25) is 0 Å². The zero-order valence-corrected chi connectivity index (χ0v) is 20.6. The molecule has 4 N–H and O–H groups in total. The van der Waals surface area contributed by atoms with E-state index in [2.05, 4.69) is 0 Å². The van der Waals surface area contributed by atoms with Crippen LogP contribution in [0.15, 0.2) is 24.3 Å². The van der Waals surface area contributed by atoms with Gasteiger partial charge in [-0.25, -0.2) is 9.59 Å². The number of carboxylic acid groups (broad SMARTS) is 4. The molecule has 0 saturated heterocycles. The highest BCUT2D eigenvalue weighted by molar-refractivity contribution is 5.93. The van der Waals surface area contributed by atoms with Crippen molar-refractivity contribution in [1.29, 1.82) is 0 Å². The summed E-state index contributed by atoms with van der Waals surface area (Å²) < 4.78 is 9.81. The van der Waals surface area contributed by atoms with Crippen LogP contribution >= 0.6 is 0 Å². The molecule has 0 radical (unpaired) electrons. The Hall–Kier alpha value is -3.96. The first-order valence-electron chi connectivity index (χ1n) is 11.8. The molecule has 0 fully saturated rings. The quantitative estimate of drug-likeness (QED) is 0.160. The maximum Gasteiger partial charge on any atom is 0.335 e. The van der Waals surface area contributed by atoms with Crippen LogP contribution in [-0.2, 0) is 28.7 Å². The summed E-state index contributed by atoms with van der Waals surface area (Å²) in [5.41, 5.74) is -0.0372. The highest BCUT2D eigenvalue weighted by atomic mass is 16.6. The van der Waals surface area contributed by atoms with Gasteiger partial charge in [0.05, 0.1) is 11.1 Å². The van der Waals surface area contributed by atoms with Gasteiger partial charge in [0.1, 0.15) is 13.2 Å². The van der Waals surface area contributed by atoms with Crippen LogP contribution in [-0.4, -0.2) is 69.5 Å². The van der Waals surface area contributed by atoms with Gasteiger partial charge in [0.2, 0.25) is 0 Å². The summed E-state index contributed by atoms with van der Waals surface area (Å²) in [5, 5.41) is 33.9. The van der Waals surface area contributed by atoms with Gasteiger partial charge in [-0.3, -0.25) is 19.2 Å². The predicted octanol–water partition coefficient (Wildman–Crippen LogP) is 3.62. The third kappa shape index (κ3) is 20.0. The van der Waals surface area contributed by atoms with Gasteiger partial charge in [-0.15, -0.1) is 0 Å². The largest absolute Gasteiger partial charge is 0.481 e. The molecule has 1 aromatic carbocycles. The van der Waals surface area contributed by atoms with Gasteiger partial charge in [0.25, 0.3) is 0 Å². The van der Waals surface area contributed by atoms with Crippen molar-refractivity contribution in [3.63, 3.8) is 0 Å². The molecule has 1 rings (SSSR count). The molecule has 0 atom stereocenters. The molecule has 12 heteroatoms. The van der Waals surface area contributed by atoms with E-state index in [1.54, 1.807) is 0 Å². The second-order valence-corrected chi connectivity index (χ2v) is 7.89. The Morgan fingerprint density at radius 2 is 0.892 bits per heavy atom. The molecule has 0 bridgehead atoms. The van der Waals surface area contributed by atoms with E-state index >= 15 is 0 Å². The van der Waals surface area contributed by atoms with E-state index in [0.717, 1.165) is 25.3 Å². The van der Waals surface area contributed by atoms with Gasteiger partial charge in [-0.1, -0.05) is 25.3 Å². The highest BCUT2D eigenvalue weighted by Crippen LogP contribution is 2.08. The maximum atomic E-state index is 11.4. The van der Waals surface area contributed by atoms with Gasteiger partial charge < -0.3 is 29.9 Å². The summed E-state index contributed by atoms with van der Waals surface area (Å²) in [4.78, 5) is 64.2. The minimum absolute atomic E-state index is 0.00130. The van der Waals surface area contributed by atoms with E-state index in [-0.39, 0.29) is 49.6 Å². The summed E-state index contributed by atoms with van der Waals surface area (Å²) in [5.74, 6) is -4.70. The van der Waals surface area contributed by atoms with E-state index in [9.17, 15) is 28.8 Å². The number of aliphatic carboxylic acids is 2. The Kier molecular flexibility index (Phi) is 18.1. The molecule has 206 valence electrons. The SMILES string of the molecule is O=C(O)CCCCCCCC(=O)OCCOC(=O)CCCCC(=O)O.O=C(O)c1cccc(C(=O)O)c1. The zero-order valence-electron chi connectivity index (χ0n) is 20.6. The van der Waals surface area contributed by atoms with Crippen LogP contribution in [0.25, 0.3) is 0 Å². The Morgan fingerprint density at radius 1 is 0.541 bits per heavy atom. The summed E-state index contributed by atoms with van der Waals surface area (Å²) in [7, 11) is 0. The lowest BCUT2D eigenvalue weighted by molar-refractivity contribution is -0.152. The van der Waals surface area contributed by atoms with Crippen LogP contribution in [0.4, 0.5) is 0 Å². The van der Waals surface area contributed by atoms with Gasteiger partial charge >= 0.3 is 35.8 Å². The molecule has 0 aliphatic heterocycles. The van der Waals surface area contributed by atoms with Crippen molar-refractivity contribution in [1.82, 2.24) is 0 Å². The molecular formula is C25H34O12. The fourth-order valence-electron chi connectivity index (χ4n) is 2.86. The molecule has 0 aromatic heterocycles. The van der Waals surface area contributed by atoms with Crippen molar-refractivity contribution in [3.8, 4) is 0 Å². The van der Waals surface area contributed by atoms with Gasteiger partial charge in [-0.05, 0) is 43.9 Å². The minimum Gasteiger partial charge on any atom is -0.481 e. The number of aromatic carboxylic acids is 2. The van der Waals surface area contributed by atoms with Crippen molar-refractivity contribution in [2.45, 2.75) is 70.6 Å². The lowest BCUT2D eigenvalue weighted by atomic mass is 10.1. The summed E-state index contributed by atoms with van der Waals surface area (Å²) in [6.45, 7) is 0.0109. The second-order valence-electron chi connectivity index (χ2n) is 7.89.